The maximum Gasteiger partial charge on any atom is 0.190 e. The Morgan fingerprint density at radius 1 is 1.64 bits per heavy atom. The van der Waals surface area contributed by atoms with Crippen molar-refractivity contribution in [2.75, 3.05) is 11.6 Å². The number of halogens is 1. The highest BCUT2D eigenvalue weighted by Crippen LogP contribution is 2.17. The number of nitrogens with one attached hydrogen (secondary N) is 1. The highest BCUT2D eigenvalue weighted by Gasteiger charge is 2.02. The summed E-state index contributed by atoms with van der Waals surface area (Å²) >= 11 is 7.18. The molecule has 0 aliphatic heterocycles. The predicted octanol–water partition coefficient (Wildman–Crippen LogP) is 2.44. The molecule has 74 valence electrons. The summed E-state index contributed by atoms with van der Waals surface area (Å²) in [5, 5.41) is 3.81. The molecule has 1 aromatic rings. The second-order valence-electron chi connectivity index (χ2n) is 2.29. The lowest BCUT2D eigenvalue weighted by Crippen LogP contribution is -1.99. The van der Waals surface area contributed by atoms with Gasteiger partial charge in [-0.05, 0) is 13.0 Å². The van der Waals surface area contributed by atoms with E-state index in [2.05, 4.69) is 33.6 Å². The lowest BCUT2D eigenvalue weighted by molar-refractivity contribution is 0.971. The summed E-state index contributed by atoms with van der Waals surface area (Å²) in [5.41, 5.74) is 0. The van der Waals surface area contributed by atoms with Crippen molar-refractivity contribution in [1.29, 1.82) is 0 Å². The fraction of sp³-hybridized carbons (Fsp3) is 0.125. The van der Waals surface area contributed by atoms with E-state index in [4.69, 9.17) is 11.6 Å². The van der Waals surface area contributed by atoms with Crippen LogP contribution in [-0.2, 0) is 0 Å². The molecule has 0 unspecified atom stereocenters. The van der Waals surface area contributed by atoms with Gasteiger partial charge in [-0.15, -0.1) is 0 Å². The van der Waals surface area contributed by atoms with E-state index in [1.165, 1.54) is 11.8 Å². The van der Waals surface area contributed by atoms with E-state index >= 15 is 0 Å². The molecule has 0 aliphatic carbocycles. The van der Waals surface area contributed by atoms with Gasteiger partial charge in [0.1, 0.15) is 16.8 Å². The Balaban J connectivity index is 2.91. The third kappa shape index (κ3) is 3.01. The van der Waals surface area contributed by atoms with Crippen molar-refractivity contribution >= 4 is 35.9 Å². The van der Waals surface area contributed by atoms with Crippen molar-refractivity contribution in [3.05, 3.63) is 23.6 Å². The van der Waals surface area contributed by atoms with Gasteiger partial charge in [-0.25, -0.2) is 15.0 Å². The van der Waals surface area contributed by atoms with Gasteiger partial charge in [0.05, 0.1) is 0 Å². The number of rotatable bonds is 4. The molecule has 0 amide bonds. The molecule has 1 N–H and O–H groups in total. The molecule has 1 aromatic heterocycles. The number of hydrogen-bond acceptors (Lipinski definition) is 5. The average Bonchev–Trinajstić information content (AvgIpc) is 2.16. The smallest absolute Gasteiger partial charge is 0.190 e. The number of nitrogens with zero attached hydrogens (tertiary/aromatic N) is 3. The molecular formula is C8H9ClN4S. The Morgan fingerprint density at radius 3 is 2.93 bits per heavy atom. The van der Waals surface area contributed by atoms with Crippen LogP contribution in [0.25, 0.3) is 0 Å². The molecule has 1 rings (SSSR count). The molecule has 0 fully saturated rings. The van der Waals surface area contributed by atoms with E-state index in [0.717, 1.165) is 0 Å². The molecule has 4 nitrogen and oxygen atoms in total. The maximum atomic E-state index is 5.78. The van der Waals surface area contributed by atoms with Crippen LogP contribution in [0.2, 0.25) is 5.15 Å². The van der Waals surface area contributed by atoms with Crippen LogP contribution in [0.15, 0.2) is 28.6 Å². The van der Waals surface area contributed by atoms with E-state index in [1.807, 2.05) is 6.26 Å². The zero-order chi connectivity index (χ0) is 10.6. The van der Waals surface area contributed by atoms with Crippen LogP contribution in [0, 0.1) is 0 Å². The van der Waals surface area contributed by atoms with E-state index in [9.17, 15) is 0 Å². The fourth-order valence-electron chi connectivity index (χ4n) is 0.739. The Morgan fingerprint density at radius 2 is 2.36 bits per heavy atom. The second kappa shape index (κ2) is 4.97. The molecule has 1 heterocycles. The molecule has 0 atom stereocenters. The first-order valence-electron chi connectivity index (χ1n) is 3.67. The minimum Gasteiger partial charge on any atom is -0.325 e. The standard InChI is InChI=1S/C8H9ClN4S/c1-5(10-2)11-7-4-6(9)12-8(13-7)14-3/h4H,1-2H2,3H3,(H,11,12,13). The summed E-state index contributed by atoms with van der Waals surface area (Å²) < 4.78 is 0. The SMILES string of the molecule is C=NC(=C)Nc1cc(Cl)nc(SC)n1. The Bertz CT molecular complexity index is 366. The molecule has 0 saturated carbocycles. The number of anilines is 1. The molecule has 0 spiro atoms. The van der Waals surface area contributed by atoms with Gasteiger partial charge in [0.15, 0.2) is 5.16 Å². The van der Waals surface area contributed by atoms with Gasteiger partial charge in [-0.1, -0.05) is 29.9 Å². The van der Waals surface area contributed by atoms with Crippen molar-refractivity contribution in [3.63, 3.8) is 0 Å². The number of hydrogen-bond donors (Lipinski definition) is 1. The number of aliphatic imine (C=N–C) groups is 1. The summed E-state index contributed by atoms with van der Waals surface area (Å²) in [6.45, 7) is 6.93. The average molecular weight is 229 g/mol. The number of aromatic nitrogens is 2. The van der Waals surface area contributed by atoms with Gasteiger partial charge >= 0.3 is 0 Å². The van der Waals surface area contributed by atoms with Crippen LogP contribution in [0.3, 0.4) is 0 Å². The normalized spacial score (nSPS) is 9.57. The maximum absolute atomic E-state index is 5.78. The molecule has 14 heavy (non-hydrogen) atoms. The van der Waals surface area contributed by atoms with Gasteiger partial charge in [-0.3, -0.25) is 0 Å². The van der Waals surface area contributed by atoms with Gasteiger partial charge < -0.3 is 5.32 Å². The minimum absolute atomic E-state index is 0.378. The van der Waals surface area contributed by atoms with E-state index in [1.54, 1.807) is 6.07 Å². The van der Waals surface area contributed by atoms with Gasteiger partial charge in [0.25, 0.3) is 0 Å². The molecule has 0 bridgehead atoms. The molecular weight excluding hydrogens is 220 g/mol. The third-order valence-corrected chi connectivity index (χ3v) is 2.06. The van der Waals surface area contributed by atoms with Crippen LogP contribution in [0.4, 0.5) is 5.82 Å². The van der Waals surface area contributed by atoms with Gasteiger partial charge in [0, 0.05) is 6.07 Å². The first-order chi connectivity index (χ1) is 6.65. The summed E-state index contributed by atoms with van der Waals surface area (Å²) in [7, 11) is 0. The lowest BCUT2D eigenvalue weighted by Gasteiger charge is -2.05. The fourth-order valence-corrected chi connectivity index (χ4v) is 1.35. The molecule has 0 aliphatic rings. The Kier molecular flexibility index (Phi) is 3.91. The zero-order valence-electron chi connectivity index (χ0n) is 7.62. The first-order valence-corrected chi connectivity index (χ1v) is 5.27. The molecule has 0 aromatic carbocycles. The Labute approximate surface area is 91.5 Å². The summed E-state index contributed by atoms with van der Waals surface area (Å²) in [6.07, 6.45) is 1.87. The van der Waals surface area contributed by atoms with E-state index in [0.29, 0.717) is 21.9 Å². The van der Waals surface area contributed by atoms with Crippen LogP contribution < -0.4 is 5.32 Å². The van der Waals surface area contributed by atoms with Crippen molar-refractivity contribution in [2.24, 2.45) is 4.99 Å². The second-order valence-corrected chi connectivity index (χ2v) is 3.45. The Hall–Kier alpha value is -1.07. The predicted molar refractivity (Wildman–Crippen MR) is 61.1 cm³/mol. The van der Waals surface area contributed by atoms with Gasteiger partial charge in [0.2, 0.25) is 0 Å². The zero-order valence-corrected chi connectivity index (χ0v) is 9.19. The van der Waals surface area contributed by atoms with Crippen molar-refractivity contribution in [2.45, 2.75) is 5.16 Å². The van der Waals surface area contributed by atoms with Crippen LogP contribution in [0.1, 0.15) is 0 Å². The van der Waals surface area contributed by atoms with Crippen LogP contribution in [-0.4, -0.2) is 22.9 Å². The third-order valence-electron chi connectivity index (χ3n) is 1.32. The molecule has 6 heteroatoms. The quantitative estimate of drug-likeness (QED) is 0.372. The van der Waals surface area contributed by atoms with Crippen LogP contribution in [0.5, 0.6) is 0 Å². The number of thioether (sulfide) groups is 1. The highest BCUT2D eigenvalue weighted by molar-refractivity contribution is 7.98. The van der Waals surface area contributed by atoms with E-state index in [-0.39, 0.29) is 0 Å². The molecule has 0 radical (unpaired) electrons. The summed E-state index contributed by atoms with van der Waals surface area (Å²) in [6, 6.07) is 1.59. The van der Waals surface area contributed by atoms with Crippen LogP contribution >= 0.6 is 23.4 Å². The minimum atomic E-state index is 0.378. The summed E-state index contributed by atoms with van der Waals surface area (Å²) in [5.74, 6) is 0.985. The highest BCUT2D eigenvalue weighted by atomic mass is 35.5. The van der Waals surface area contributed by atoms with Crippen molar-refractivity contribution < 1.29 is 0 Å². The topological polar surface area (TPSA) is 50.2 Å². The van der Waals surface area contributed by atoms with Crippen molar-refractivity contribution in [1.82, 2.24) is 9.97 Å². The lowest BCUT2D eigenvalue weighted by atomic mass is 10.5. The van der Waals surface area contributed by atoms with E-state index < -0.39 is 0 Å². The monoisotopic (exact) mass is 228 g/mol. The first kappa shape index (κ1) is 11.0. The van der Waals surface area contributed by atoms with Crippen molar-refractivity contribution in [3.8, 4) is 0 Å². The van der Waals surface area contributed by atoms with Gasteiger partial charge in [-0.2, -0.15) is 0 Å². The molecule has 0 saturated heterocycles. The largest absolute Gasteiger partial charge is 0.325 e. The summed E-state index contributed by atoms with van der Waals surface area (Å²) in [4.78, 5) is 11.7.